The molecular weight excluding hydrogens is 320 g/mol. The first-order valence-corrected chi connectivity index (χ1v) is 8.14. The summed E-state index contributed by atoms with van der Waals surface area (Å²) in [6.07, 6.45) is 1.98. The van der Waals surface area contributed by atoms with Crippen molar-refractivity contribution in [2.45, 2.75) is 33.0 Å². The Bertz CT molecular complexity index is 981. The maximum atomic E-state index is 12.6. The average molecular weight is 338 g/mol. The number of carbonyl (C=O) groups excluding carboxylic acids is 1. The van der Waals surface area contributed by atoms with Crippen LogP contribution in [-0.2, 0) is 30.8 Å². The maximum Gasteiger partial charge on any atom is 0.331 e. The highest BCUT2D eigenvalue weighted by atomic mass is 16.2. The molecule has 0 unspecified atom stereocenters. The number of rotatable bonds is 3. The van der Waals surface area contributed by atoms with Crippen LogP contribution in [0.4, 0.5) is 0 Å². The molecule has 0 bridgehead atoms. The summed E-state index contributed by atoms with van der Waals surface area (Å²) < 4.78 is 2.11. The van der Waals surface area contributed by atoms with E-state index in [9.17, 15) is 14.4 Å². The van der Waals surface area contributed by atoms with Crippen molar-refractivity contribution in [1.29, 1.82) is 5.26 Å². The van der Waals surface area contributed by atoms with Crippen molar-refractivity contribution in [3.05, 3.63) is 68.0 Å². The minimum atomic E-state index is -0.719. The van der Waals surface area contributed by atoms with Crippen LogP contribution in [0.2, 0.25) is 0 Å². The molecule has 7 heteroatoms. The molecule has 2 aromatic rings. The summed E-state index contributed by atoms with van der Waals surface area (Å²) >= 11 is 0. The van der Waals surface area contributed by atoms with Crippen LogP contribution in [0, 0.1) is 11.3 Å². The molecule has 0 atom stereocenters. The Hall–Kier alpha value is -3.14. The molecule has 1 aliphatic rings. The van der Waals surface area contributed by atoms with Gasteiger partial charge in [0.25, 0.3) is 5.56 Å². The van der Waals surface area contributed by atoms with Gasteiger partial charge in [0.05, 0.1) is 0 Å². The van der Waals surface area contributed by atoms with E-state index >= 15 is 0 Å². The summed E-state index contributed by atoms with van der Waals surface area (Å²) in [5, 5.41) is 9.07. The van der Waals surface area contributed by atoms with Crippen LogP contribution in [0.15, 0.2) is 40.1 Å². The van der Waals surface area contributed by atoms with Gasteiger partial charge < -0.3 is 4.90 Å². The molecule has 0 N–H and O–H groups in total. The third-order valence-corrected chi connectivity index (χ3v) is 4.47. The molecule has 7 nitrogen and oxygen atoms in total. The largest absolute Gasteiger partial charge is 0.336 e. The van der Waals surface area contributed by atoms with E-state index in [1.54, 1.807) is 17.9 Å². The van der Waals surface area contributed by atoms with E-state index in [1.165, 1.54) is 16.3 Å². The van der Waals surface area contributed by atoms with E-state index in [0.717, 1.165) is 16.6 Å². The fourth-order valence-electron chi connectivity index (χ4n) is 3.04. The van der Waals surface area contributed by atoms with E-state index in [-0.39, 0.29) is 18.0 Å². The molecule has 0 spiro atoms. The normalized spacial score (nSPS) is 13.2. The molecule has 3 rings (SSSR count). The highest BCUT2D eigenvalue weighted by Gasteiger charge is 2.22. The summed E-state index contributed by atoms with van der Waals surface area (Å²) in [5.41, 5.74) is 0.855. The second-order valence-electron chi connectivity index (χ2n) is 5.95. The number of benzene rings is 1. The molecule has 1 aliphatic heterocycles. The average Bonchev–Trinajstić information content (AvgIpc) is 2.64. The molecule has 0 fully saturated rings. The van der Waals surface area contributed by atoms with Crippen LogP contribution in [0.5, 0.6) is 0 Å². The Morgan fingerprint density at radius 1 is 1.24 bits per heavy atom. The van der Waals surface area contributed by atoms with Crippen LogP contribution in [-0.4, -0.2) is 26.5 Å². The Morgan fingerprint density at radius 3 is 2.64 bits per heavy atom. The van der Waals surface area contributed by atoms with Crippen molar-refractivity contribution in [1.82, 2.24) is 14.0 Å². The minimum Gasteiger partial charge on any atom is -0.336 e. The number of hydrogen-bond donors (Lipinski definition) is 0. The Balaban J connectivity index is 1.89. The number of amides is 1. The van der Waals surface area contributed by atoms with Gasteiger partial charge in [0.1, 0.15) is 18.2 Å². The highest BCUT2D eigenvalue weighted by molar-refractivity contribution is 5.76. The molecule has 25 heavy (non-hydrogen) atoms. The first-order chi connectivity index (χ1) is 12.0. The van der Waals surface area contributed by atoms with Gasteiger partial charge in [-0.3, -0.25) is 14.2 Å². The van der Waals surface area contributed by atoms with Crippen molar-refractivity contribution in [3.63, 3.8) is 0 Å². The summed E-state index contributed by atoms with van der Waals surface area (Å²) in [6.45, 7) is 2.71. The van der Waals surface area contributed by atoms with Crippen LogP contribution < -0.4 is 11.2 Å². The zero-order chi connectivity index (χ0) is 18.0. The summed E-state index contributed by atoms with van der Waals surface area (Å²) in [7, 11) is 0. The molecule has 1 amide bonds. The van der Waals surface area contributed by atoms with Gasteiger partial charge in [0.15, 0.2) is 0 Å². The number of nitriles is 1. The number of hydrogen-bond acceptors (Lipinski definition) is 4. The first kappa shape index (κ1) is 16.7. The number of carbonyl (C=O) groups is 1. The van der Waals surface area contributed by atoms with Crippen molar-refractivity contribution < 1.29 is 4.79 Å². The summed E-state index contributed by atoms with van der Waals surface area (Å²) in [4.78, 5) is 38.9. The number of aromatic nitrogens is 2. The first-order valence-electron chi connectivity index (χ1n) is 8.14. The highest BCUT2D eigenvalue weighted by Crippen LogP contribution is 2.18. The molecule has 1 aromatic heterocycles. The lowest BCUT2D eigenvalue weighted by molar-refractivity contribution is -0.132. The monoisotopic (exact) mass is 338 g/mol. The fraction of sp³-hybridized carbons (Fsp3) is 0.333. The molecule has 128 valence electrons. The SMILES string of the molecule is CCn1cc(C#N)c(=O)n(CC(=O)N2CCc3ccccc3C2)c1=O. The van der Waals surface area contributed by atoms with Gasteiger partial charge >= 0.3 is 5.69 Å². The topological polar surface area (TPSA) is 88.1 Å². The lowest BCUT2D eigenvalue weighted by Crippen LogP contribution is -2.46. The van der Waals surface area contributed by atoms with E-state index in [2.05, 4.69) is 0 Å². The smallest absolute Gasteiger partial charge is 0.331 e. The van der Waals surface area contributed by atoms with Crippen LogP contribution in [0.3, 0.4) is 0 Å². The molecule has 2 heterocycles. The fourth-order valence-corrected chi connectivity index (χ4v) is 3.04. The van der Waals surface area contributed by atoms with Gasteiger partial charge in [-0.05, 0) is 24.5 Å². The van der Waals surface area contributed by atoms with Crippen LogP contribution in [0.1, 0.15) is 23.6 Å². The van der Waals surface area contributed by atoms with Gasteiger partial charge in [0.2, 0.25) is 5.91 Å². The third kappa shape index (κ3) is 3.11. The van der Waals surface area contributed by atoms with Gasteiger partial charge in [-0.15, -0.1) is 0 Å². The van der Waals surface area contributed by atoms with E-state index in [1.807, 2.05) is 24.3 Å². The zero-order valence-electron chi connectivity index (χ0n) is 13.9. The number of nitrogens with zero attached hydrogens (tertiary/aromatic N) is 4. The predicted octanol–water partition coefficient (Wildman–Crippen LogP) is 0.486. The quantitative estimate of drug-likeness (QED) is 0.815. The molecule has 0 radical (unpaired) electrons. The lowest BCUT2D eigenvalue weighted by Gasteiger charge is -2.29. The van der Waals surface area contributed by atoms with Crippen molar-refractivity contribution >= 4 is 5.91 Å². The molecule has 1 aromatic carbocycles. The second-order valence-corrected chi connectivity index (χ2v) is 5.95. The summed E-state index contributed by atoms with van der Waals surface area (Å²) in [5.74, 6) is -0.300. The molecular formula is C18H18N4O3. The maximum absolute atomic E-state index is 12.6. The van der Waals surface area contributed by atoms with Crippen molar-refractivity contribution in [3.8, 4) is 6.07 Å². The summed E-state index contributed by atoms with van der Waals surface area (Å²) in [6, 6.07) is 9.69. The zero-order valence-corrected chi connectivity index (χ0v) is 13.9. The molecule has 0 aliphatic carbocycles. The second kappa shape index (κ2) is 6.77. The van der Waals surface area contributed by atoms with E-state index in [0.29, 0.717) is 19.6 Å². The minimum absolute atomic E-state index is 0.141. The van der Waals surface area contributed by atoms with Crippen molar-refractivity contribution in [2.75, 3.05) is 6.54 Å². The third-order valence-electron chi connectivity index (χ3n) is 4.47. The Kier molecular flexibility index (Phi) is 4.52. The van der Waals surface area contributed by atoms with Gasteiger partial charge in [-0.25, -0.2) is 9.36 Å². The Labute approximate surface area is 144 Å². The molecule has 0 saturated heterocycles. The van der Waals surface area contributed by atoms with Gasteiger partial charge in [0, 0.05) is 25.8 Å². The van der Waals surface area contributed by atoms with Gasteiger partial charge in [-0.1, -0.05) is 24.3 Å². The predicted molar refractivity (Wildman–Crippen MR) is 90.9 cm³/mol. The Morgan fingerprint density at radius 2 is 1.96 bits per heavy atom. The lowest BCUT2D eigenvalue weighted by atomic mass is 10.00. The standard InChI is InChI=1S/C18H18N4O3/c1-2-20-11-15(9-19)17(24)22(18(20)25)12-16(23)21-8-7-13-5-3-4-6-14(13)10-21/h3-6,11H,2,7-8,10,12H2,1H3. The van der Waals surface area contributed by atoms with Gasteiger partial charge in [-0.2, -0.15) is 5.26 Å². The van der Waals surface area contributed by atoms with Crippen molar-refractivity contribution in [2.24, 2.45) is 0 Å². The number of fused-ring (bicyclic) bond motifs is 1. The van der Waals surface area contributed by atoms with Crippen LogP contribution in [0.25, 0.3) is 0 Å². The molecule has 0 saturated carbocycles. The van der Waals surface area contributed by atoms with Crippen LogP contribution >= 0.6 is 0 Å². The van der Waals surface area contributed by atoms with E-state index < -0.39 is 11.2 Å². The van der Waals surface area contributed by atoms with E-state index in [4.69, 9.17) is 5.26 Å². The number of aryl methyl sites for hydroxylation is 1.